The lowest BCUT2D eigenvalue weighted by molar-refractivity contribution is 0.315. The Balaban J connectivity index is 2.14. The number of nitrogens with zero attached hydrogens (tertiary/aromatic N) is 1. The van der Waals surface area contributed by atoms with Gasteiger partial charge in [-0.25, -0.2) is 12.7 Å². The number of hydrogen-bond acceptors (Lipinski definition) is 4. The van der Waals surface area contributed by atoms with E-state index in [0.29, 0.717) is 23.2 Å². The monoisotopic (exact) mass is 332 g/mol. The van der Waals surface area contributed by atoms with E-state index < -0.39 is 10.0 Å². The van der Waals surface area contributed by atoms with Gasteiger partial charge in [-0.15, -0.1) is 0 Å². The Morgan fingerprint density at radius 2 is 2.24 bits per heavy atom. The van der Waals surface area contributed by atoms with Crippen molar-refractivity contribution in [3.63, 3.8) is 0 Å². The van der Waals surface area contributed by atoms with E-state index in [9.17, 15) is 8.42 Å². The van der Waals surface area contributed by atoms with Crippen LogP contribution in [0.5, 0.6) is 5.75 Å². The van der Waals surface area contributed by atoms with Crippen LogP contribution in [0, 0.1) is 5.92 Å². The van der Waals surface area contributed by atoms with Gasteiger partial charge in [0.05, 0.1) is 17.0 Å². The van der Waals surface area contributed by atoms with Crippen molar-refractivity contribution in [3.8, 4) is 5.75 Å². The zero-order valence-electron chi connectivity index (χ0n) is 12.3. The fourth-order valence-corrected chi connectivity index (χ4v) is 4.13. The highest BCUT2D eigenvalue weighted by Gasteiger charge is 2.25. The Labute approximate surface area is 131 Å². The van der Waals surface area contributed by atoms with Gasteiger partial charge in [0.2, 0.25) is 10.0 Å². The topological polar surface area (TPSA) is 58.6 Å². The summed E-state index contributed by atoms with van der Waals surface area (Å²) >= 11 is 6.01. The van der Waals surface area contributed by atoms with E-state index in [4.69, 9.17) is 16.3 Å². The molecule has 0 saturated carbocycles. The summed E-state index contributed by atoms with van der Waals surface area (Å²) in [6.45, 7) is 2.39. The molecule has 0 radical (unpaired) electrons. The quantitative estimate of drug-likeness (QED) is 0.895. The molecule has 0 amide bonds. The van der Waals surface area contributed by atoms with E-state index in [0.717, 1.165) is 25.9 Å². The zero-order chi connectivity index (χ0) is 15.5. The molecule has 0 spiro atoms. The molecule has 1 heterocycles. The third kappa shape index (κ3) is 3.88. The molecule has 1 atom stereocenters. The van der Waals surface area contributed by atoms with Gasteiger partial charge in [0, 0.05) is 13.6 Å². The van der Waals surface area contributed by atoms with Crippen LogP contribution >= 0.6 is 11.6 Å². The van der Waals surface area contributed by atoms with Crippen LogP contribution in [-0.2, 0) is 10.0 Å². The summed E-state index contributed by atoms with van der Waals surface area (Å²) in [7, 11) is -0.410. The van der Waals surface area contributed by atoms with Crippen molar-refractivity contribution in [1.82, 2.24) is 9.62 Å². The van der Waals surface area contributed by atoms with Crippen molar-refractivity contribution in [2.45, 2.75) is 17.7 Å². The molecule has 0 aliphatic carbocycles. The SMILES string of the molecule is COc1ccc(S(=O)(=O)N(C)CC2CCCNC2)cc1Cl. The van der Waals surface area contributed by atoms with Crippen molar-refractivity contribution < 1.29 is 13.2 Å². The molecule has 5 nitrogen and oxygen atoms in total. The average Bonchev–Trinajstić information content (AvgIpc) is 2.48. The van der Waals surface area contributed by atoms with Gasteiger partial charge in [0.15, 0.2) is 0 Å². The maximum absolute atomic E-state index is 12.6. The highest BCUT2D eigenvalue weighted by atomic mass is 35.5. The zero-order valence-corrected chi connectivity index (χ0v) is 13.9. The smallest absolute Gasteiger partial charge is 0.242 e. The molecule has 1 aliphatic heterocycles. The predicted molar refractivity (Wildman–Crippen MR) is 83.4 cm³/mol. The van der Waals surface area contributed by atoms with E-state index >= 15 is 0 Å². The fraction of sp³-hybridized carbons (Fsp3) is 0.571. The lowest BCUT2D eigenvalue weighted by Crippen LogP contribution is -2.39. The summed E-state index contributed by atoms with van der Waals surface area (Å²) in [5, 5.41) is 3.59. The van der Waals surface area contributed by atoms with E-state index in [1.807, 2.05) is 0 Å². The number of sulfonamides is 1. The second-order valence-electron chi connectivity index (χ2n) is 5.29. The Morgan fingerprint density at radius 1 is 1.48 bits per heavy atom. The van der Waals surface area contributed by atoms with Crippen molar-refractivity contribution in [3.05, 3.63) is 23.2 Å². The van der Waals surface area contributed by atoms with Crippen LogP contribution in [0.25, 0.3) is 0 Å². The molecule has 1 saturated heterocycles. The molecule has 1 aliphatic rings. The van der Waals surface area contributed by atoms with E-state index in [1.54, 1.807) is 13.1 Å². The highest BCUT2D eigenvalue weighted by molar-refractivity contribution is 7.89. The number of benzene rings is 1. The molecule has 118 valence electrons. The number of piperidine rings is 1. The van der Waals surface area contributed by atoms with E-state index in [2.05, 4.69) is 5.32 Å². The van der Waals surface area contributed by atoms with Crippen LogP contribution in [0.2, 0.25) is 5.02 Å². The van der Waals surface area contributed by atoms with Crippen LogP contribution in [0.1, 0.15) is 12.8 Å². The molecule has 1 aromatic carbocycles. The first kappa shape index (κ1) is 16.5. The molecule has 2 rings (SSSR count). The van der Waals surface area contributed by atoms with Crippen LogP contribution < -0.4 is 10.1 Å². The van der Waals surface area contributed by atoms with Crippen LogP contribution in [0.3, 0.4) is 0 Å². The van der Waals surface area contributed by atoms with E-state index in [1.165, 1.54) is 23.5 Å². The molecule has 0 bridgehead atoms. The lowest BCUT2D eigenvalue weighted by atomic mass is 10.00. The lowest BCUT2D eigenvalue weighted by Gasteiger charge is -2.27. The van der Waals surface area contributed by atoms with Crippen molar-refractivity contribution >= 4 is 21.6 Å². The number of rotatable bonds is 5. The Hall–Kier alpha value is -0.820. The van der Waals surface area contributed by atoms with Gasteiger partial charge in [-0.2, -0.15) is 0 Å². The van der Waals surface area contributed by atoms with Gasteiger partial charge in [-0.05, 0) is 50.0 Å². The number of ether oxygens (including phenoxy) is 1. The number of nitrogens with one attached hydrogen (secondary N) is 1. The minimum absolute atomic E-state index is 0.194. The second kappa shape index (κ2) is 6.96. The van der Waals surface area contributed by atoms with Gasteiger partial charge >= 0.3 is 0 Å². The first-order valence-electron chi connectivity index (χ1n) is 6.95. The molecular formula is C14H21ClN2O3S. The van der Waals surface area contributed by atoms with Crippen molar-refractivity contribution in [2.75, 3.05) is 33.8 Å². The molecule has 0 aromatic heterocycles. The van der Waals surface area contributed by atoms with Crippen LogP contribution in [-0.4, -0.2) is 46.5 Å². The molecule has 1 unspecified atom stereocenters. The molecule has 1 aromatic rings. The maximum Gasteiger partial charge on any atom is 0.242 e. The second-order valence-corrected chi connectivity index (χ2v) is 7.75. The Kier molecular flexibility index (Phi) is 5.48. The predicted octanol–water partition coefficient (Wildman–Crippen LogP) is 1.97. The van der Waals surface area contributed by atoms with Crippen molar-refractivity contribution in [1.29, 1.82) is 0 Å². The van der Waals surface area contributed by atoms with Crippen LogP contribution in [0.4, 0.5) is 0 Å². The first-order chi connectivity index (χ1) is 9.95. The third-order valence-corrected chi connectivity index (χ3v) is 5.86. The first-order valence-corrected chi connectivity index (χ1v) is 8.77. The van der Waals surface area contributed by atoms with Gasteiger partial charge in [-0.3, -0.25) is 0 Å². The summed E-state index contributed by atoms with van der Waals surface area (Å²) in [4.78, 5) is 0.194. The van der Waals surface area contributed by atoms with Gasteiger partial charge in [0.1, 0.15) is 5.75 Å². The highest BCUT2D eigenvalue weighted by Crippen LogP contribution is 2.28. The van der Waals surface area contributed by atoms with Gasteiger partial charge < -0.3 is 10.1 Å². The molecular weight excluding hydrogens is 312 g/mol. The largest absolute Gasteiger partial charge is 0.495 e. The fourth-order valence-electron chi connectivity index (χ4n) is 2.53. The van der Waals surface area contributed by atoms with Crippen LogP contribution in [0.15, 0.2) is 23.1 Å². The average molecular weight is 333 g/mol. The molecule has 21 heavy (non-hydrogen) atoms. The normalized spacial score (nSPS) is 19.7. The summed E-state index contributed by atoms with van der Waals surface area (Å²) < 4.78 is 31.6. The maximum atomic E-state index is 12.6. The van der Waals surface area contributed by atoms with Gasteiger partial charge in [-0.1, -0.05) is 11.6 Å². The number of halogens is 1. The number of methoxy groups -OCH3 is 1. The minimum atomic E-state index is -3.52. The van der Waals surface area contributed by atoms with E-state index in [-0.39, 0.29) is 4.90 Å². The van der Waals surface area contributed by atoms with Gasteiger partial charge in [0.25, 0.3) is 0 Å². The summed E-state index contributed by atoms with van der Waals surface area (Å²) in [5.74, 6) is 0.821. The van der Waals surface area contributed by atoms with Crippen molar-refractivity contribution in [2.24, 2.45) is 5.92 Å². The molecule has 1 fully saturated rings. The summed E-state index contributed by atoms with van der Waals surface area (Å²) in [5.41, 5.74) is 0. The Morgan fingerprint density at radius 3 is 2.81 bits per heavy atom. The molecule has 1 N–H and O–H groups in total. The number of hydrogen-bond donors (Lipinski definition) is 1. The minimum Gasteiger partial charge on any atom is -0.495 e. The Bertz CT molecular complexity index is 586. The summed E-state index contributed by atoms with van der Waals surface area (Å²) in [6.07, 6.45) is 2.14. The third-order valence-electron chi connectivity index (χ3n) is 3.75. The standard InChI is InChI=1S/C14H21ClN2O3S/c1-17(10-11-4-3-7-16-9-11)21(18,19)12-5-6-14(20-2)13(15)8-12/h5-6,8,11,16H,3-4,7,9-10H2,1-2H3. The summed E-state index contributed by atoms with van der Waals surface area (Å²) in [6, 6.07) is 4.53. The molecule has 7 heteroatoms.